The Morgan fingerprint density at radius 1 is 1.17 bits per heavy atom. The Kier molecular flexibility index (Phi) is 4.04. The van der Waals surface area contributed by atoms with Gasteiger partial charge in [-0.3, -0.25) is 4.79 Å². The third kappa shape index (κ3) is 3.12. The molecule has 5 atom stereocenters. The monoisotopic (exact) mass is 412 g/mol. The molecule has 2 N–H and O–H groups in total. The number of nitrogens with zero attached hydrogens (tertiary/aromatic N) is 4. The zero-order valence-electron chi connectivity index (χ0n) is 15.9. The molecule has 1 aromatic rings. The second kappa shape index (κ2) is 6.20. The number of hydrogen-bond acceptors (Lipinski definition) is 6. The number of aliphatic carboxylic acids is 1. The number of fused-ring (bicyclic) bond motifs is 1. The lowest BCUT2D eigenvalue weighted by atomic mass is 10.0. The van der Waals surface area contributed by atoms with Crippen LogP contribution in [-0.2, 0) is 11.0 Å². The summed E-state index contributed by atoms with van der Waals surface area (Å²) in [4.78, 5) is 22.9. The van der Waals surface area contributed by atoms with Crippen molar-refractivity contribution in [3.05, 3.63) is 11.3 Å². The number of β-amino-alcohol motifs (C(OH)–C–C–N with tert-alkyl or cyclic N) is 1. The lowest BCUT2D eigenvalue weighted by Gasteiger charge is -2.43. The molecular weight excluding hydrogens is 389 g/mol. The Balaban J connectivity index is 1.50. The van der Waals surface area contributed by atoms with Gasteiger partial charge in [-0.1, -0.05) is 0 Å². The molecule has 0 amide bonds. The van der Waals surface area contributed by atoms with E-state index in [1.54, 1.807) is 11.8 Å². The highest BCUT2D eigenvalue weighted by Gasteiger charge is 2.57. The molecule has 0 spiro atoms. The van der Waals surface area contributed by atoms with Crippen molar-refractivity contribution in [1.29, 1.82) is 0 Å². The first-order chi connectivity index (χ1) is 13.6. The minimum Gasteiger partial charge on any atom is -0.481 e. The van der Waals surface area contributed by atoms with Crippen molar-refractivity contribution in [2.24, 2.45) is 17.8 Å². The molecule has 2 saturated carbocycles. The summed E-state index contributed by atoms with van der Waals surface area (Å²) in [5, 5.41) is 18.8. The summed E-state index contributed by atoms with van der Waals surface area (Å²) in [5.41, 5.74) is -0.678. The minimum absolute atomic E-state index is 0.0113. The van der Waals surface area contributed by atoms with Crippen LogP contribution in [0.4, 0.5) is 24.9 Å². The predicted octanol–water partition coefficient (Wildman–Crippen LogP) is 2.10. The number of carboxylic acid groups (broad SMARTS) is 1. The highest BCUT2D eigenvalue weighted by Crippen LogP contribution is 2.56. The van der Waals surface area contributed by atoms with E-state index in [1.165, 1.54) is 0 Å². The largest absolute Gasteiger partial charge is 0.481 e. The number of halogens is 3. The molecule has 0 bridgehead atoms. The van der Waals surface area contributed by atoms with Gasteiger partial charge in [0, 0.05) is 31.6 Å². The van der Waals surface area contributed by atoms with Crippen LogP contribution in [0.1, 0.15) is 43.4 Å². The molecule has 5 rings (SSSR count). The fourth-order valence-corrected chi connectivity index (χ4v) is 4.96. The van der Waals surface area contributed by atoms with Crippen LogP contribution in [0.2, 0.25) is 0 Å². The lowest BCUT2D eigenvalue weighted by molar-refractivity contribution is -0.142. The normalized spacial score (nSPS) is 33.5. The number of aromatic nitrogens is 2. The van der Waals surface area contributed by atoms with Gasteiger partial charge in [0.15, 0.2) is 5.69 Å². The number of aliphatic hydroxyl groups excluding tert-OH is 1. The zero-order chi connectivity index (χ0) is 20.7. The van der Waals surface area contributed by atoms with E-state index in [1.807, 2.05) is 4.90 Å². The minimum atomic E-state index is -4.58. The number of carbonyl (C=O) groups is 1. The average Bonchev–Trinajstić information content (AvgIpc) is 3.55. The van der Waals surface area contributed by atoms with E-state index in [0.29, 0.717) is 31.7 Å². The molecule has 3 heterocycles. The van der Waals surface area contributed by atoms with Crippen LogP contribution >= 0.6 is 0 Å². The topological polar surface area (TPSA) is 89.8 Å². The van der Waals surface area contributed by atoms with Gasteiger partial charge in [-0.2, -0.15) is 18.2 Å². The summed E-state index contributed by atoms with van der Waals surface area (Å²) in [6.45, 7) is 3.02. The van der Waals surface area contributed by atoms with Gasteiger partial charge in [0.1, 0.15) is 5.82 Å². The molecule has 4 fully saturated rings. The number of hydrogen-bond donors (Lipinski definition) is 2. The van der Waals surface area contributed by atoms with E-state index < -0.39 is 23.9 Å². The maximum absolute atomic E-state index is 13.9. The molecule has 10 heteroatoms. The number of aliphatic hydroxyl groups is 1. The number of anilines is 2. The fraction of sp³-hybridized carbons (Fsp3) is 0.737. The number of carboxylic acids is 1. The van der Waals surface area contributed by atoms with Gasteiger partial charge < -0.3 is 20.0 Å². The van der Waals surface area contributed by atoms with Gasteiger partial charge in [-0.05, 0) is 43.4 Å². The van der Waals surface area contributed by atoms with Crippen molar-refractivity contribution in [3.8, 4) is 0 Å². The molecule has 7 nitrogen and oxygen atoms in total. The third-order valence-corrected chi connectivity index (χ3v) is 6.94. The van der Waals surface area contributed by atoms with Crippen LogP contribution < -0.4 is 9.80 Å². The summed E-state index contributed by atoms with van der Waals surface area (Å²) in [7, 11) is 0. The predicted molar refractivity (Wildman–Crippen MR) is 96.8 cm³/mol. The summed E-state index contributed by atoms with van der Waals surface area (Å²) in [6, 6.07) is -0.331. The lowest BCUT2D eigenvalue weighted by Crippen LogP contribution is -2.59. The molecular formula is C19H23F3N4O3. The van der Waals surface area contributed by atoms with E-state index in [-0.39, 0.29) is 54.2 Å². The van der Waals surface area contributed by atoms with Crippen molar-refractivity contribution >= 4 is 17.7 Å². The Hall–Kier alpha value is -2.10. The summed E-state index contributed by atoms with van der Waals surface area (Å²) in [5.74, 6) is -0.129. The SMILES string of the molecule is C[C@H]1[C@H](O)CN1c1nc(N2C[C@@H]3C(CC(=O)O)[C@@H]3C2)c(C2CC2)c(C(F)(F)F)n1. The molecule has 0 aromatic carbocycles. The molecule has 1 unspecified atom stereocenters. The number of piperidine rings is 1. The van der Waals surface area contributed by atoms with Crippen molar-refractivity contribution in [2.45, 2.75) is 50.4 Å². The smallest absolute Gasteiger partial charge is 0.433 e. The Labute approximate surface area is 165 Å². The molecule has 158 valence electrons. The second-order valence-corrected chi connectivity index (χ2v) is 8.84. The van der Waals surface area contributed by atoms with Crippen LogP contribution in [0.3, 0.4) is 0 Å². The van der Waals surface area contributed by atoms with Crippen molar-refractivity contribution < 1.29 is 28.2 Å². The van der Waals surface area contributed by atoms with E-state index in [2.05, 4.69) is 9.97 Å². The van der Waals surface area contributed by atoms with Crippen LogP contribution in [0.25, 0.3) is 0 Å². The fourth-order valence-electron chi connectivity index (χ4n) is 4.96. The second-order valence-electron chi connectivity index (χ2n) is 8.84. The molecule has 4 aliphatic rings. The molecule has 2 aliphatic carbocycles. The molecule has 29 heavy (non-hydrogen) atoms. The Bertz CT molecular complexity index is 848. The van der Waals surface area contributed by atoms with Crippen LogP contribution in [0.5, 0.6) is 0 Å². The Morgan fingerprint density at radius 2 is 1.83 bits per heavy atom. The summed E-state index contributed by atoms with van der Waals surface area (Å²) in [6.07, 6.45) is -3.67. The molecule has 2 aliphatic heterocycles. The maximum Gasteiger partial charge on any atom is 0.433 e. The van der Waals surface area contributed by atoms with E-state index >= 15 is 0 Å². The summed E-state index contributed by atoms with van der Waals surface area (Å²) < 4.78 is 41.7. The highest BCUT2D eigenvalue weighted by molar-refractivity contribution is 5.68. The first kappa shape index (κ1) is 18.9. The van der Waals surface area contributed by atoms with E-state index in [4.69, 9.17) is 5.11 Å². The highest BCUT2D eigenvalue weighted by atomic mass is 19.4. The van der Waals surface area contributed by atoms with Gasteiger partial charge in [0.2, 0.25) is 5.95 Å². The third-order valence-electron chi connectivity index (χ3n) is 6.94. The maximum atomic E-state index is 13.9. The van der Waals surface area contributed by atoms with Gasteiger partial charge in [-0.15, -0.1) is 0 Å². The zero-order valence-corrected chi connectivity index (χ0v) is 15.9. The van der Waals surface area contributed by atoms with E-state index in [0.717, 1.165) is 0 Å². The van der Waals surface area contributed by atoms with Crippen LogP contribution in [0, 0.1) is 17.8 Å². The van der Waals surface area contributed by atoms with Crippen molar-refractivity contribution in [3.63, 3.8) is 0 Å². The van der Waals surface area contributed by atoms with Crippen LogP contribution in [-0.4, -0.2) is 57.9 Å². The summed E-state index contributed by atoms with van der Waals surface area (Å²) >= 11 is 0. The van der Waals surface area contributed by atoms with Gasteiger partial charge in [-0.25, -0.2) is 4.98 Å². The van der Waals surface area contributed by atoms with Gasteiger partial charge >= 0.3 is 12.1 Å². The number of alkyl halides is 3. The Morgan fingerprint density at radius 3 is 2.31 bits per heavy atom. The quantitative estimate of drug-likeness (QED) is 0.766. The first-order valence-corrected chi connectivity index (χ1v) is 10.1. The standard InChI is InChI=1S/C19H23F3N4O3/c1-8-13(27)7-26(8)18-23-16(19(20,21)22)15(9-2-3-9)17(24-18)25-5-11-10(4-14(28)29)12(11)6-25/h8-13,27H,2-7H2,1H3,(H,28,29)/t8-,10?,11-,12+,13+/m0/s1. The van der Waals surface area contributed by atoms with Crippen molar-refractivity contribution in [2.75, 3.05) is 29.4 Å². The first-order valence-electron chi connectivity index (χ1n) is 10.1. The van der Waals surface area contributed by atoms with Crippen molar-refractivity contribution in [1.82, 2.24) is 9.97 Å². The molecule has 0 radical (unpaired) electrons. The van der Waals surface area contributed by atoms with Crippen LogP contribution in [0.15, 0.2) is 0 Å². The van der Waals surface area contributed by atoms with Gasteiger partial charge in [0.05, 0.1) is 12.1 Å². The average molecular weight is 412 g/mol. The number of rotatable bonds is 5. The molecule has 1 aromatic heterocycles. The molecule has 2 saturated heterocycles. The van der Waals surface area contributed by atoms with E-state index in [9.17, 15) is 23.1 Å². The van der Waals surface area contributed by atoms with Gasteiger partial charge in [0.25, 0.3) is 0 Å².